The van der Waals surface area contributed by atoms with Crippen molar-refractivity contribution in [2.45, 2.75) is 63.8 Å². The van der Waals surface area contributed by atoms with Gasteiger partial charge < -0.3 is 19.9 Å². The molecule has 0 spiro atoms. The number of carbonyl (C=O) groups is 2. The lowest BCUT2D eigenvalue weighted by Gasteiger charge is -2.42. The Balaban J connectivity index is 1.53. The Labute approximate surface area is 180 Å². The monoisotopic (exact) mass is 427 g/mol. The number of hydrogen-bond donors (Lipinski definition) is 3. The van der Waals surface area contributed by atoms with E-state index in [1.165, 1.54) is 6.20 Å². The molecule has 0 radical (unpaired) electrons. The summed E-state index contributed by atoms with van der Waals surface area (Å²) < 4.78 is 5.36. The molecule has 166 valence electrons. The average Bonchev–Trinajstić information content (AvgIpc) is 3.53. The van der Waals surface area contributed by atoms with E-state index in [4.69, 9.17) is 4.74 Å². The molecule has 7 nitrogen and oxygen atoms in total. The second-order valence-corrected chi connectivity index (χ2v) is 10.0. The summed E-state index contributed by atoms with van der Waals surface area (Å²) in [5.74, 6) is -0.327. The highest BCUT2D eigenvalue weighted by Gasteiger charge is 2.62. The van der Waals surface area contributed by atoms with Gasteiger partial charge in [0.05, 0.1) is 0 Å². The van der Waals surface area contributed by atoms with Crippen LogP contribution in [0, 0.1) is 29.6 Å². The molecule has 5 rings (SSSR count). The minimum Gasteiger partial charge on any atom is -0.507 e. The summed E-state index contributed by atoms with van der Waals surface area (Å²) in [7, 11) is 0. The number of ketones is 2. The van der Waals surface area contributed by atoms with E-state index in [0.717, 1.165) is 19.3 Å². The molecule has 0 aromatic carbocycles. The van der Waals surface area contributed by atoms with Crippen LogP contribution < -0.4 is 5.56 Å². The summed E-state index contributed by atoms with van der Waals surface area (Å²) in [4.78, 5) is 40.8. The third-order valence-corrected chi connectivity index (χ3v) is 8.02. The van der Waals surface area contributed by atoms with Gasteiger partial charge in [-0.15, -0.1) is 0 Å². The van der Waals surface area contributed by atoms with E-state index < -0.39 is 35.0 Å². The highest BCUT2D eigenvalue weighted by atomic mass is 16.6. The van der Waals surface area contributed by atoms with Crippen molar-refractivity contribution in [2.75, 3.05) is 0 Å². The second-order valence-electron chi connectivity index (χ2n) is 10.0. The van der Waals surface area contributed by atoms with Crippen molar-refractivity contribution in [3.05, 3.63) is 39.8 Å². The molecule has 0 bridgehead atoms. The van der Waals surface area contributed by atoms with Gasteiger partial charge in [0, 0.05) is 24.1 Å². The summed E-state index contributed by atoms with van der Waals surface area (Å²) in [5, 5.41) is 22.3. The first kappa shape index (κ1) is 20.6. The Kier molecular flexibility index (Phi) is 4.75. The molecular formula is C24H29NO6. The first-order valence-electron chi connectivity index (χ1n) is 11.3. The van der Waals surface area contributed by atoms with Gasteiger partial charge in [0.2, 0.25) is 0 Å². The number of ether oxygens (including phenoxy) is 1. The van der Waals surface area contributed by atoms with Crippen LogP contribution in [0.3, 0.4) is 0 Å². The number of carbonyl (C=O) groups excluding carboxylic acids is 2. The van der Waals surface area contributed by atoms with Gasteiger partial charge in [0.25, 0.3) is 5.56 Å². The number of fused-ring (bicyclic) bond motifs is 2. The maximum absolute atomic E-state index is 13.7. The predicted octanol–water partition coefficient (Wildman–Crippen LogP) is 2.46. The molecule has 8 atom stereocenters. The number of pyridine rings is 1. The highest BCUT2D eigenvalue weighted by Crippen LogP contribution is 2.50. The molecule has 1 aromatic rings. The number of aromatic nitrogens is 1. The van der Waals surface area contributed by atoms with Crippen molar-refractivity contribution in [3.63, 3.8) is 0 Å². The number of hydrogen-bond acceptors (Lipinski definition) is 6. The molecule has 1 saturated heterocycles. The molecule has 1 aromatic heterocycles. The van der Waals surface area contributed by atoms with Crippen molar-refractivity contribution >= 4 is 11.6 Å². The summed E-state index contributed by atoms with van der Waals surface area (Å²) in [6.07, 6.45) is 7.25. The van der Waals surface area contributed by atoms with E-state index >= 15 is 0 Å². The smallest absolute Gasteiger partial charge is 0.262 e. The Morgan fingerprint density at radius 2 is 2.00 bits per heavy atom. The number of rotatable bonds is 3. The van der Waals surface area contributed by atoms with E-state index in [1.807, 2.05) is 6.92 Å². The molecule has 0 unspecified atom stereocenters. The largest absolute Gasteiger partial charge is 0.507 e. The first-order chi connectivity index (χ1) is 14.7. The van der Waals surface area contributed by atoms with Crippen molar-refractivity contribution in [2.24, 2.45) is 29.6 Å². The van der Waals surface area contributed by atoms with Crippen molar-refractivity contribution in [1.29, 1.82) is 0 Å². The van der Waals surface area contributed by atoms with Crippen LogP contribution in [-0.4, -0.2) is 39.0 Å². The summed E-state index contributed by atoms with van der Waals surface area (Å²) in [6.45, 7) is 4.20. The van der Waals surface area contributed by atoms with Gasteiger partial charge in [-0.2, -0.15) is 0 Å². The average molecular weight is 427 g/mol. The van der Waals surface area contributed by atoms with Gasteiger partial charge in [-0.3, -0.25) is 14.4 Å². The van der Waals surface area contributed by atoms with Gasteiger partial charge >= 0.3 is 0 Å². The maximum Gasteiger partial charge on any atom is 0.262 e. The number of aliphatic hydroxyl groups is 1. The van der Waals surface area contributed by atoms with Crippen molar-refractivity contribution in [1.82, 2.24) is 4.98 Å². The Bertz CT molecular complexity index is 1030. The SMILES string of the molecule is C[C@@H]1CC[C@@H]2[C@H](C(=O)c3c(O)c([C@@]4(O)CCC(=O)[C@H]5O[C@H]54)c[nH]c3=O)[C@H](C)C=C[C@H]2C1. The third-order valence-electron chi connectivity index (χ3n) is 8.02. The topological polar surface area (TPSA) is 120 Å². The molecule has 0 amide bonds. The van der Waals surface area contributed by atoms with Crippen LogP contribution in [-0.2, 0) is 15.1 Å². The predicted molar refractivity (Wildman–Crippen MR) is 112 cm³/mol. The maximum atomic E-state index is 13.7. The van der Waals surface area contributed by atoms with Gasteiger partial charge in [-0.25, -0.2) is 0 Å². The molecule has 4 aliphatic rings. The normalized spacial score (nSPS) is 41.4. The lowest BCUT2D eigenvalue weighted by Crippen LogP contribution is -2.42. The fourth-order valence-corrected chi connectivity index (χ4v) is 6.23. The summed E-state index contributed by atoms with van der Waals surface area (Å²) in [5.41, 5.74) is -2.49. The van der Waals surface area contributed by atoms with E-state index in [1.54, 1.807) is 0 Å². The highest BCUT2D eigenvalue weighted by molar-refractivity contribution is 6.01. The number of Topliss-reactive ketones (excluding diaryl/α,β-unsaturated/α-hetero) is 2. The fourth-order valence-electron chi connectivity index (χ4n) is 6.23. The quantitative estimate of drug-likeness (QED) is 0.387. The van der Waals surface area contributed by atoms with Gasteiger partial charge in [-0.1, -0.05) is 32.4 Å². The minimum absolute atomic E-state index is 0.0452. The molecular weight excluding hydrogens is 398 g/mol. The number of H-pyrrole nitrogens is 1. The van der Waals surface area contributed by atoms with Crippen LogP contribution >= 0.6 is 0 Å². The zero-order chi connectivity index (χ0) is 22.1. The zero-order valence-corrected chi connectivity index (χ0v) is 17.8. The summed E-state index contributed by atoms with van der Waals surface area (Å²) >= 11 is 0. The van der Waals surface area contributed by atoms with Crippen LogP contribution in [0.5, 0.6) is 5.75 Å². The van der Waals surface area contributed by atoms with Crippen LogP contribution in [0.4, 0.5) is 0 Å². The fraction of sp³-hybridized carbons (Fsp3) is 0.625. The van der Waals surface area contributed by atoms with Crippen LogP contribution in [0.1, 0.15) is 61.9 Å². The van der Waals surface area contributed by atoms with Crippen LogP contribution in [0.2, 0.25) is 0 Å². The van der Waals surface area contributed by atoms with E-state index in [2.05, 4.69) is 24.1 Å². The number of aromatic hydroxyl groups is 1. The van der Waals surface area contributed by atoms with Gasteiger partial charge in [0.15, 0.2) is 11.6 Å². The van der Waals surface area contributed by atoms with Crippen molar-refractivity contribution < 1.29 is 24.5 Å². The minimum atomic E-state index is -1.61. The molecule has 3 fully saturated rings. The standard InChI is InChI=1S/C24H29NO6/c1-11-3-6-14-13(9-11)5-4-12(2)17(14)20(28)18-19(27)15(10-25-23(18)29)24(30)8-7-16(26)21-22(24)31-21/h4-5,10-14,17,21-22,30H,3,6-9H2,1-2H3,(H2,25,27,29)/t11-,12-,13+,14+,17-,21-,22-,24+/m1/s1. The Morgan fingerprint density at radius 3 is 2.77 bits per heavy atom. The molecule has 2 saturated carbocycles. The third kappa shape index (κ3) is 3.12. The van der Waals surface area contributed by atoms with E-state index in [-0.39, 0.29) is 47.4 Å². The number of allylic oxidation sites excluding steroid dienone is 2. The molecule has 1 aliphatic heterocycles. The number of nitrogens with one attached hydrogen (secondary N) is 1. The van der Waals surface area contributed by atoms with Crippen LogP contribution in [0.15, 0.2) is 23.1 Å². The number of epoxide rings is 1. The van der Waals surface area contributed by atoms with Gasteiger partial charge in [0.1, 0.15) is 29.1 Å². The Hall–Kier alpha value is -2.25. The lowest BCUT2D eigenvalue weighted by molar-refractivity contribution is -0.123. The molecule has 2 heterocycles. The molecule has 3 aliphatic carbocycles. The zero-order valence-electron chi connectivity index (χ0n) is 17.8. The second kappa shape index (κ2) is 7.14. The number of aromatic amines is 1. The van der Waals surface area contributed by atoms with E-state index in [9.17, 15) is 24.6 Å². The summed E-state index contributed by atoms with van der Waals surface area (Å²) in [6, 6.07) is 0. The molecule has 31 heavy (non-hydrogen) atoms. The van der Waals surface area contributed by atoms with E-state index in [0.29, 0.717) is 11.8 Å². The Morgan fingerprint density at radius 1 is 1.23 bits per heavy atom. The first-order valence-corrected chi connectivity index (χ1v) is 11.3. The molecule has 7 heteroatoms. The van der Waals surface area contributed by atoms with Gasteiger partial charge in [-0.05, 0) is 42.9 Å². The molecule has 3 N–H and O–H groups in total. The lowest BCUT2D eigenvalue weighted by atomic mass is 9.61. The van der Waals surface area contributed by atoms with Crippen LogP contribution in [0.25, 0.3) is 0 Å². The van der Waals surface area contributed by atoms with Crippen molar-refractivity contribution in [3.8, 4) is 5.75 Å².